The summed E-state index contributed by atoms with van der Waals surface area (Å²) in [7, 11) is 1.84. The molecular weight excluding hydrogens is 355 g/mol. The van der Waals surface area contributed by atoms with Gasteiger partial charge < -0.3 is 10.6 Å². The van der Waals surface area contributed by atoms with Crippen LogP contribution in [0, 0.1) is 0 Å². The summed E-state index contributed by atoms with van der Waals surface area (Å²) in [4.78, 5) is 1.93. The van der Waals surface area contributed by atoms with Crippen molar-refractivity contribution in [3.8, 4) is 11.3 Å². The van der Waals surface area contributed by atoms with E-state index in [1.807, 2.05) is 11.9 Å². The van der Waals surface area contributed by atoms with Crippen LogP contribution in [0.3, 0.4) is 0 Å². The van der Waals surface area contributed by atoms with E-state index in [0.717, 1.165) is 18.6 Å². The lowest BCUT2D eigenvalue weighted by molar-refractivity contribution is -0.137. The molecule has 0 bridgehead atoms. The number of nitrogens with zero attached hydrogens (tertiary/aromatic N) is 2. The Kier molecular flexibility index (Phi) is 6.02. The van der Waals surface area contributed by atoms with Crippen LogP contribution in [0.25, 0.3) is 11.3 Å². The van der Waals surface area contributed by atoms with E-state index in [1.54, 1.807) is 6.20 Å². The van der Waals surface area contributed by atoms with Crippen LogP contribution < -0.4 is 5.73 Å². The van der Waals surface area contributed by atoms with Gasteiger partial charge in [0.1, 0.15) is 0 Å². The minimum absolute atomic E-state index is 0.000162. The number of hydrogen-bond donors (Lipinski definition) is 2. The molecule has 9 heteroatoms. The zero-order chi connectivity index (χ0) is 19.5. The van der Waals surface area contributed by atoms with Gasteiger partial charge in [-0.3, -0.25) is 5.10 Å². The number of aromatic amines is 1. The Morgan fingerprint density at radius 1 is 1.12 bits per heavy atom. The van der Waals surface area contributed by atoms with Gasteiger partial charge in [-0.2, -0.15) is 18.3 Å². The maximum atomic E-state index is 13.7. The van der Waals surface area contributed by atoms with Crippen LogP contribution in [-0.4, -0.2) is 35.2 Å². The van der Waals surface area contributed by atoms with Crippen LogP contribution in [0.2, 0.25) is 0 Å². The third-order valence-corrected chi connectivity index (χ3v) is 3.94. The van der Waals surface area contributed by atoms with E-state index < -0.39 is 23.2 Å². The molecule has 1 aromatic carbocycles. The Bertz CT molecular complexity index is 701. The molecular formula is C17H21F5N4. The van der Waals surface area contributed by atoms with Crippen molar-refractivity contribution in [2.24, 2.45) is 5.73 Å². The van der Waals surface area contributed by atoms with Gasteiger partial charge in [-0.05, 0) is 44.8 Å². The van der Waals surface area contributed by atoms with Crippen molar-refractivity contribution in [2.45, 2.75) is 32.0 Å². The summed E-state index contributed by atoms with van der Waals surface area (Å²) in [5, 5.41) is 6.58. The average molecular weight is 376 g/mol. The summed E-state index contributed by atoms with van der Waals surface area (Å²) in [6.45, 7) is 2.19. The second kappa shape index (κ2) is 7.71. The van der Waals surface area contributed by atoms with Crippen molar-refractivity contribution in [3.05, 3.63) is 41.1 Å². The third kappa shape index (κ3) is 5.01. The SMILES string of the molecule is CN(CCCN)Cc1c[nH]nc1-c1cc(C(C)(F)F)cc(C(F)(F)F)c1. The fourth-order valence-corrected chi connectivity index (χ4v) is 2.60. The van der Waals surface area contributed by atoms with E-state index in [1.165, 1.54) is 0 Å². The number of hydrogen-bond acceptors (Lipinski definition) is 3. The minimum Gasteiger partial charge on any atom is -0.330 e. The van der Waals surface area contributed by atoms with Crippen molar-refractivity contribution >= 4 is 0 Å². The van der Waals surface area contributed by atoms with E-state index in [-0.39, 0.29) is 11.3 Å². The molecule has 0 unspecified atom stereocenters. The Labute approximate surface area is 148 Å². The maximum Gasteiger partial charge on any atom is 0.416 e. The molecule has 0 amide bonds. The number of aromatic nitrogens is 2. The Balaban J connectivity index is 2.44. The average Bonchev–Trinajstić information content (AvgIpc) is 2.99. The second-order valence-corrected chi connectivity index (χ2v) is 6.32. The fraction of sp³-hybridized carbons (Fsp3) is 0.471. The fourth-order valence-electron chi connectivity index (χ4n) is 2.60. The monoisotopic (exact) mass is 376 g/mol. The van der Waals surface area contributed by atoms with E-state index in [9.17, 15) is 22.0 Å². The van der Waals surface area contributed by atoms with Crippen LogP contribution in [-0.2, 0) is 18.6 Å². The molecule has 0 spiro atoms. The van der Waals surface area contributed by atoms with E-state index in [2.05, 4.69) is 10.2 Å². The summed E-state index contributed by atoms with van der Waals surface area (Å²) in [6, 6.07) is 2.37. The molecule has 0 saturated heterocycles. The van der Waals surface area contributed by atoms with Crippen LogP contribution >= 0.6 is 0 Å². The predicted octanol–water partition coefficient (Wildman–Crippen LogP) is 3.99. The second-order valence-electron chi connectivity index (χ2n) is 6.32. The maximum absolute atomic E-state index is 13.7. The molecule has 0 aliphatic heterocycles. The highest BCUT2D eigenvalue weighted by Crippen LogP contribution is 2.38. The van der Waals surface area contributed by atoms with Gasteiger partial charge in [0.25, 0.3) is 5.92 Å². The first-order valence-corrected chi connectivity index (χ1v) is 8.04. The highest BCUT2D eigenvalue weighted by Gasteiger charge is 2.35. The van der Waals surface area contributed by atoms with Crippen LogP contribution in [0.4, 0.5) is 22.0 Å². The number of alkyl halides is 5. The van der Waals surface area contributed by atoms with Gasteiger partial charge in [-0.15, -0.1) is 0 Å². The zero-order valence-corrected chi connectivity index (χ0v) is 14.5. The molecule has 2 aromatic rings. The van der Waals surface area contributed by atoms with Gasteiger partial charge in [-0.25, -0.2) is 8.78 Å². The lowest BCUT2D eigenvalue weighted by Crippen LogP contribution is -2.21. The van der Waals surface area contributed by atoms with Gasteiger partial charge in [0.05, 0.1) is 11.3 Å². The molecule has 0 aliphatic rings. The molecule has 0 fully saturated rings. The first kappa shape index (κ1) is 20.3. The van der Waals surface area contributed by atoms with Gasteiger partial charge in [-0.1, -0.05) is 0 Å². The van der Waals surface area contributed by atoms with E-state index >= 15 is 0 Å². The van der Waals surface area contributed by atoms with Crippen LogP contribution in [0.15, 0.2) is 24.4 Å². The first-order chi connectivity index (χ1) is 12.0. The summed E-state index contributed by atoms with van der Waals surface area (Å²) < 4.78 is 66.8. The number of nitrogens with one attached hydrogen (secondary N) is 1. The van der Waals surface area contributed by atoms with Crippen molar-refractivity contribution < 1.29 is 22.0 Å². The molecule has 2 rings (SSSR count). The quantitative estimate of drug-likeness (QED) is 0.719. The molecule has 26 heavy (non-hydrogen) atoms. The lowest BCUT2D eigenvalue weighted by Gasteiger charge is -2.18. The molecule has 144 valence electrons. The van der Waals surface area contributed by atoms with E-state index in [4.69, 9.17) is 5.73 Å². The van der Waals surface area contributed by atoms with E-state index in [0.29, 0.717) is 38.2 Å². The topological polar surface area (TPSA) is 57.9 Å². The van der Waals surface area contributed by atoms with Gasteiger partial charge in [0.2, 0.25) is 0 Å². The summed E-state index contributed by atoms with van der Waals surface area (Å²) in [6.07, 6.45) is -2.41. The highest BCUT2D eigenvalue weighted by molar-refractivity contribution is 5.65. The highest BCUT2D eigenvalue weighted by atomic mass is 19.4. The molecule has 0 aliphatic carbocycles. The molecule has 3 N–H and O–H groups in total. The standard InChI is InChI=1S/C17H21F5N4/c1-16(18,19)13-6-11(7-14(8-13)17(20,21)22)15-12(9-24-25-15)10-26(2)5-3-4-23/h6-9H,3-5,10,23H2,1-2H3,(H,24,25). The first-order valence-electron chi connectivity index (χ1n) is 8.04. The van der Waals surface area contributed by atoms with Crippen molar-refractivity contribution in [2.75, 3.05) is 20.1 Å². The smallest absolute Gasteiger partial charge is 0.330 e. The van der Waals surface area contributed by atoms with Gasteiger partial charge >= 0.3 is 6.18 Å². The molecule has 0 radical (unpaired) electrons. The molecule has 1 aromatic heterocycles. The predicted molar refractivity (Wildman–Crippen MR) is 88.6 cm³/mol. The molecule has 1 heterocycles. The lowest BCUT2D eigenvalue weighted by atomic mass is 9.98. The molecule has 4 nitrogen and oxygen atoms in total. The molecule has 0 saturated carbocycles. The Morgan fingerprint density at radius 3 is 2.35 bits per heavy atom. The molecule has 0 atom stereocenters. The minimum atomic E-state index is -4.73. The zero-order valence-electron chi connectivity index (χ0n) is 14.5. The number of H-pyrrole nitrogens is 1. The van der Waals surface area contributed by atoms with Crippen molar-refractivity contribution in [3.63, 3.8) is 0 Å². The summed E-state index contributed by atoms with van der Waals surface area (Å²) in [5.41, 5.74) is 4.48. The normalized spacial score (nSPS) is 12.8. The largest absolute Gasteiger partial charge is 0.416 e. The number of rotatable bonds is 7. The van der Waals surface area contributed by atoms with Crippen molar-refractivity contribution in [1.82, 2.24) is 15.1 Å². The third-order valence-electron chi connectivity index (χ3n) is 3.94. The van der Waals surface area contributed by atoms with Crippen LogP contribution in [0.5, 0.6) is 0 Å². The van der Waals surface area contributed by atoms with Gasteiger partial charge in [0, 0.05) is 36.4 Å². The number of nitrogens with two attached hydrogens (primary N) is 1. The van der Waals surface area contributed by atoms with Crippen molar-refractivity contribution in [1.29, 1.82) is 0 Å². The number of halogens is 5. The number of benzene rings is 1. The Morgan fingerprint density at radius 2 is 1.77 bits per heavy atom. The van der Waals surface area contributed by atoms with Gasteiger partial charge in [0.15, 0.2) is 0 Å². The Hall–Kier alpha value is -2.00. The van der Waals surface area contributed by atoms with Crippen LogP contribution in [0.1, 0.15) is 30.0 Å². The summed E-state index contributed by atoms with van der Waals surface area (Å²) in [5.74, 6) is -3.40. The summed E-state index contributed by atoms with van der Waals surface area (Å²) >= 11 is 0.